The highest BCUT2D eigenvalue weighted by Gasteiger charge is 2.13. The van der Waals surface area contributed by atoms with Gasteiger partial charge in [0.2, 0.25) is 0 Å². The van der Waals surface area contributed by atoms with E-state index >= 15 is 0 Å². The summed E-state index contributed by atoms with van der Waals surface area (Å²) in [4.78, 5) is 18.2. The van der Waals surface area contributed by atoms with Crippen LogP contribution >= 0.6 is 0 Å². The van der Waals surface area contributed by atoms with Gasteiger partial charge in [-0.05, 0) is 49.4 Å². The Bertz CT molecular complexity index is 553. The van der Waals surface area contributed by atoms with Gasteiger partial charge in [0.15, 0.2) is 0 Å². The third-order valence-electron chi connectivity index (χ3n) is 4.22. The normalized spacial score (nSPS) is 14.5. The number of aryl methyl sites for hydroxylation is 2. The van der Waals surface area contributed by atoms with Crippen molar-refractivity contribution in [3.8, 4) is 5.75 Å². The molecule has 0 aliphatic heterocycles. The third kappa shape index (κ3) is 6.58. The lowest BCUT2D eigenvalue weighted by atomic mass is 9.95. The molecule has 6 heteroatoms. The number of nitrogens with one attached hydrogen (secondary N) is 1. The van der Waals surface area contributed by atoms with Crippen LogP contribution in [0.5, 0.6) is 5.75 Å². The lowest BCUT2D eigenvalue weighted by Gasteiger charge is -2.23. The van der Waals surface area contributed by atoms with E-state index < -0.39 is 11.9 Å². The highest BCUT2D eigenvalue weighted by molar-refractivity contribution is 6.27. The van der Waals surface area contributed by atoms with Crippen molar-refractivity contribution in [1.29, 1.82) is 0 Å². The van der Waals surface area contributed by atoms with Crippen LogP contribution in [0.2, 0.25) is 0 Å². The molecule has 0 saturated heterocycles. The maximum atomic E-state index is 9.10. The quantitative estimate of drug-likeness (QED) is 0.731. The number of benzene rings is 1. The topological polar surface area (TPSA) is 95.9 Å². The largest absolute Gasteiger partial charge is 0.496 e. The van der Waals surface area contributed by atoms with E-state index in [2.05, 4.69) is 31.3 Å². The van der Waals surface area contributed by atoms with Crippen LogP contribution in [0.3, 0.4) is 0 Å². The van der Waals surface area contributed by atoms with Gasteiger partial charge in [0.25, 0.3) is 0 Å². The van der Waals surface area contributed by atoms with Gasteiger partial charge in [-0.2, -0.15) is 0 Å². The molecule has 24 heavy (non-hydrogen) atoms. The Labute approximate surface area is 142 Å². The molecule has 1 fully saturated rings. The Morgan fingerprint density at radius 3 is 2.17 bits per heavy atom. The monoisotopic (exact) mass is 337 g/mol. The minimum atomic E-state index is -1.82. The first-order valence-electron chi connectivity index (χ1n) is 8.18. The van der Waals surface area contributed by atoms with E-state index in [1.165, 1.54) is 48.8 Å². The van der Waals surface area contributed by atoms with Crippen molar-refractivity contribution in [3.05, 3.63) is 28.8 Å². The number of aliphatic carboxylic acids is 2. The molecule has 0 heterocycles. The molecule has 2 rings (SSSR count). The van der Waals surface area contributed by atoms with Gasteiger partial charge < -0.3 is 20.3 Å². The molecule has 3 N–H and O–H groups in total. The van der Waals surface area contributed by atoms with Gasteiger partial charge in [-0.25, -0.2) is 9.59 Å². The first-order chi connectivity index (χ1) is 11.3. The highest BCUT2D eigenvalue weighted by Crippen LogP contribution is 2.23. The van der Waals surface area contributed by atoms with Gasteiger partial charge in [-0.3, -0.25) is 0 Å². The number of rotatable bonds is 4. The van der Waals surface area contributed by atoms with Crippen molar-refractivity contribution < 1.29 is 24.5 Å². The van der Waals surface area contributed by atoms with Crippen LogP contribution in [0.4, 0.5) is 0 Å². The molecule has 1 aliphatic carbocycles. The van der Waals surface area contributed by atoms with Crippen molar-refractivity contribution in [1.82, 2.24) is 5.32 Å². The van der Waals surface area contributed by atoms with Crippen molar-refractivity contribution in [3.63, 3.8) is 0 Å². The fourth-order valence-corrected chi connectivity index (χ4v) is 2.82. The smallest absolute Gasteiger partial charge is 0.414 e. The van der Waals surface area contributed by atoms with Crippen molar-refractivity contribution >= 4 is 11.9 Å². The molecule has 1 aromatic carbocycles. The SMILES string of the molecule is COc1cc(C)c(CNC2CCCCC2)cc1C.O=C(O)C(=O)O. The van der Waals surface area contributed by atoms with Crippen molar-refractivity contribution in [2.45, 2.75) is 58.5 Å². The standard InChI is InChI=1S/C16H25NO.C2H2O4/c1-12-10-16(18-3)13(2)9-14(12)11-17-15-7-5-4-6-8-15;3-1(4)2(5)6/h9-10,15,17H,4-8,11H2,1-3H3;(H,3,4)(H,5,6). The number of carboxylic acid groups (broad SMARTS) is 2. The number of hydrogen-bond donors (Lipinski definition) is 3. The second-order valence-electron chi connectivity index (χ2n) is 6.07. The summed E-state index contributed by atoms with van der Waals surface area (Å²) in [5.41, 5.74) is 3.95. The van der Waals surface area contributed by atoms with Crippen molar-refractivity contribution in [2.75, 3.05) is 7.11 Å². The second kappa shape index (κ2) is 9.93. The Morgan fingerprint density at radius 2 is 1.67 bits per heavy atom. The fraction of sp³-hybridized carbons (Fsp3) is 0.556. The summed E-state index contributed by atoms with van der Waals surface area (Å²) in [6.45, 7) is 5.27. The highest BCUT2D eigenvalue weighted by atomic mass is 16.5. The molecule has 0 aromatic heterocycles. The average molecular weight is 337 g/mol. The molecule has 0 spiro atoms. The molecule has 1 saturated carbocycles. The third-order valence-corrected chi connectivity index (χ3v) is 4.22. The van der Waals surface area contributed by atoms with Gasteiger partial charge in [-0.15, -0.1) is 0 Å². The van der Waals surface area contributed by atoms with E-state index in [0.29, 0.717) is 0 Å². The molecule has 1 aromatic rings. The van der Waals surface area contributed by atoms with Gasteiger partial charge in [0.1, 0.15) is 5.75 Å². The molecular formula is C18H27NO5. The Balaban J connectivity index is 0.000000413. The maximum absolute atomic E-state index is 9.10. The summed E-state index contributed by atoms with van der Waals surface area (Å²) in [5.74, 6) is -2.65. The fourth-order valence-electron chi connectivity index (χ4n) is 2.82. The second-order valence-corrected chi connectivity index (χ2v) is 6.07. The van der Waals surface area contributed by atoms with E-state index in [1.54, 1.807) is 7.11 Å². The Hall–Kier alpha value is -2.08. The van der Waals surface area contributed by atoms with Crippen LogP contribution in [0.1, 0.15) is 48.8 Å². The molecule has 0 unspecified atom stereocenters. The number of hydrogen-bond acceptors (Lipinski definition) is 4. The molecule has 1 aliphatic rings. The molecule has 0 atom stereocenters. The van der Waals surface area contributed by atoms with Crippen LogP contribution in [-0.2, 0) is 16.1 Å². The van der Waals surface area contributed by atoms with E-state index in [4.69, 9.17) is 24.5 Å². The van der Waals surface area contributed by atoms with E-state index in [0.717, 1.165) is 18.3 Å². The summed E-state index contributed by atoms with van der Waals surface area (Å²) in [6, 6.07) is 5.12. The molecule has 6 nitrogen and oxygen atoms in total. The first kappa shape index (κ1) is 20.0. The summed E-state index contributed by atoms with van der Waals surface area (Å²) in [6.07, 6.45) is 6.87. The number of ether oxygens (including phenoxy) is 1. The van der Waals surface area contributed by atoms with Crippen LogP contribution in [0.15, 0.2) is 12.1 Å². The predicted octanol–water partition coefficient (Wildman–Crippen LogP) is 2.89. The molecule has 0 amide bonds. The van der Waals surface area contributed by atoms with E-state index in [1.807, 2.05) is 0 Å². The zero-order chi connectivity index (χ0) is 18.1. The van der Waals surface area contributed by atoms with Gasteiger partial charge in [0, 0.05) is 12.6 Å². The number of carbonyl (C=O) groups is 2. The van der Waals surface area contributed by atoms with Crippen molar-refractivity contribution in [2.24, 2.45) is 0 Å². The summed E-state index contributed by atoms with van der Waals surface area (Å²) < 4.78 is 5.35. The minimum absolute atomic E-state index is 0.723. The van der Waals surface area contributed by atoms with Crippen LogP contribution in [0.25, 0.3) is 0 Å². The molecular weight excluding hydrogens is 310 g/mol. The van der Waals surface area contributed by atoms with Gasteiger partial charge in [0.05, 0.1) is 7.11 Å². The molecule has 0 bridgehead atoms. The lowest BCUT2D eigenvalue weighted by Crippen LogP contribution is -2.30. The van der Waals surface area contributed by atoms with E-state index in [9.17, 15) is 0 Å². The zero-order valence-corrected chi connectivity index (χ0v) is 14.6. The van der Waals surface area contributed by atoms with E-state index in [-0.39, 0.29) is 0 Å². The summed E-state index contributed by atoms with van der Waals surface area (Å²) >= 11 is 0. The minimum Gasteiger partial charge on any atom is -0.496 e. The summed E-state index contributed by atoms with van der Waals surface area (Å²) in [7, 11) is 1.74. The van der Waals surface area contributed by atoms with Crippen LogP contribution in [-0.4, -0.2) is 35.3 Å². The van der Waals surface area contributed by atoms with Gasteiger partial charge >= 0.3 is 11.9 Å². The van der Waals surface area contributed by atoms with Crippen LogP contribution < -0.4 is 10.1 Å². The number of methoxy groups -OCH3 is 1. The van der Waals surface area contributed by atoms with Crippen LogP contribution in [0, 0.1) is 13.8 Å². The first-order valence-corrected chi connectivity index (χ1v) is 8.18. The summed E-state index contributed by atoms with van der Waals surface area (Å²) in [5, 5.41) is 18.5. The molecule has 0 radical (unpaired) electrons. The Kier molecular flexibility index (Phi) is 8.26. The Morgan fingerprint density at radius 1 is 1.08 bits per heavy atom. The van der Waals surface area contributed by atoms with Gasteiger partial charge in [-0.1, -0.05) is 25.3 Å². The lowest BCUT2D eigenvalue weighted by molar-refractivity contribution is -0.159. The average Bonchev–Trinajstić information content (AvgIpc) is 2.56. The maximum Gasteiger partial charge on any atom is 0.414 e. The number of carboxylic acids is 2. The zero-order valence-electron chi connectivity index (χ0n) is 14.6. The molecule has 134 valence electrons. The predicted molar refractivity (Wildman–Crippen MR) is 91.5 cm³/mol.